The van der Waals surface area contributed by atoms with Gasteiger partial charge in [0.25, 0.3) is 0 Å². The van der Waals surface area contributed by atoms with Crippen molar-refractivity contribution in [2.45, 2.75) is 164 Å². The Labute approximate surface area is 255 Å². The molecule has 0 spiro atoms. The topological polar surface area (TPSA) is 46.5 Å². The summed E-state index contributed by atoms with van der Waals surface area (Å²) in [5.41, 5.74) is 3.53. The molecule has 4 aliphatic carbocycles. The van der Waals surface area contributed by atoms with Gasteiger partial charge < -0.3 is 9.53 Å². The Bertz CT molecular complexity index is 1020. The van der Waals surface area contributed by atoms with Crippen LogP contribution < -0.4 is 0 Å². The predicted molar refractivity (Wildman–Crippen MR) is 175 cm³/mol. The minimum atomic E-state index is -1.79. The number of fused-ring (bicyclic) bond motifs is 5. The highest BCUT2D eigenvalue weighted by Gasteiger charge is 2.67. The first-order chi connectivity index (χ1) is 18.7. The van der Waals surface area contributed by atoms with Crippen LogP contribution in [0.1, 0.15) is 140 Å². The third kappa shape index (κ3) is 5.41. The molecule has 0 heterocycles. The number of aliphatic hydroxyl groups is 1. The minimum absolute atomic E-state index is 0.00472. The van der Waals surface area contributed by atoms with Crippen LogP contribution in [-0.2, 0) is 9.22 Å². The zero-order chi connectivity index (χ0) is 30.8. The number of rotatable bonds is 7. The Kier molecular flexibility index (Phi) is 9.11. The summed E-state index contributed by atoms with van der Waals surface area (Å²) in [5.74, 6) is 2.50. The molecule has 4 aliphatic rings. The lowest BCUT2D eigenvalue weighted by Crippen LogP contribution is -2.64. The maximum absolute atomic E-state index is 14.0. The normalized spacial score (nSPS) is 40.4. The molecule has 3 nitrogen and oxygen atoms in total. The highest BCUT2D eigenvalue weighted by atomic mass is 28.4. The molecule has 4 fully saturated rings. The highest BCUT2D eigenvalue weighted by Crippen LogP contribution is 2.74. The summed E-state index contributed by atoms with van der Waals surface area (Å²) in [6.45, 7) is 29.3. The van der Waals surface area contributed by atoms with Gasteiger partial charge in [0.05, 0.1) is 6.10 Å². The zero-order valence-electron chi connectivity index (χ0n) is 29.1. The van der Waals surface area contributed by atoms with Gasteiger partial charge in [0, 0.05) is 13.0 Å². The molecule has 236 valence electrons. The number of aliphatic hydroxyl groups excluding tert-OH is 1. The molecule has 0 aliphatic heterocycles. The van der Waals surface area contributed by atoms with Gasteiger partial charge in [0.2, 0.25) is 0 Å². The molecule has 0 amide bonds. The van der Waals surface area contributed by atoms with Crippen molar-refractivity contribution in [2.24, 2.45) is 45.3 Å². The van der Waals surface area contributed by atoms with Gasteiger partial charge in [-0.3, -0.25) is 4.79 Å². The Morgan fingerprint density at radius 1 is 0.951 bits per heavy atom. The van der Waals surface area contributed by atoms with Crippen LogP contribution in [0.2, 0.25) is 18.1 Å². The number of carbonyl (C=O) groups excluding carboxylic acids is 1. The van der Waals surface area contributed by atoms with Crippen molar-refractivity contribution >= 4 is 14.1 Å². The summed E-state index contributed by atoms with van der Waals surface area (Å²) in [7, 11) is -1.79. The smallest absolute Gasteiger partial charge is 0.191 e. The molecule has 0 saturated heterocycles. The van der Waals surface area contributed by atoms with Crippen molar-refractivity contribution < 1.29 is 14.3 Å². The van der Waals surface area contributed by atoms with Crippen LogP contribution in [0.25, 0.3) is 0 Å². The molecule has 1 N–H and O–H groups in total. The van der Waals surface area contributed by atoms with Gasteiger partial charge in [-0.05, 0) is 133 Å². The monoisotopic (exact) mass is 586 g/mol. The molecule has 0 aromatic carbocycles. The molecular weight excluding hydrogens is 520 g/mol. The molecule has 0 bridgehead atoms. The van der Waals surface area contributed by atoms with E-state index in [1.54, 1.807) is 0 Å². The van der Waals surface area contributed by atoms with Gasteiger partial charge in [-0.2, -0.15) is 0 Å². The van der Waals surface area contributed by atoms with Gasteiger partial charge in [-0.15, -0.1) is 0 Å². The van der Waals surface area contributed by atoms with Crippen LogP contribution in [0.3, 0.4) is 0 Å². The van der Waals surface area contributed by atoms with E-state index in [9.17, 15) is 9.90 Å². The summed E-state index contributed by atoms with van der Waals surface area (Å²) >= 11 is 0. The van der Waals surface area contributed by atoms with E-state index in [0.29, 0.717) is 42.0 Å². The second-order valence-electron chi connectivity index (χ2n) is 18.1. The molecule has 4 rings (SSSR count). The lowest BCUT2D eigenvalue weighted by atomic mass is 9.34. The molecular formula is C37H66O3Si. The molecule has 0 radical (unpaired) electrons. The van der Waals surface area contributed by atoms with E-state index < -0.39 is 8.32 Å². The molecule has 0 aromatic heterocycles. The van der Waals surface area contributed by atoms with Crippen LogP contribution in [0.15, 0.2) is 11.1 Å². The first-order valence-corrected chi connectivity index (χ1v) is 20.2. The number of ketones is 1. The summed E-state index contributed by atoms with van der Waals surface area (Å²) in [6, 6.07) is 0. The average molecular weight is 587 g/mol. The minimum Gasteiger partial charge on any atom is -0.417 e. The Morgan fingerprint density at radius 2 is 1.61 bits per heavy atom. The van der Waals surface area contributed by atoms with Crippen LogP contribution in [0.5, 0.6) is 0 Å². The summed E-state index contributed by atoms with van der Waals surface area (Å²) in [4.78, 5) is 14.0. The van der Waals surface area contributed by atoms with Crippen LogP contribution in [0.4, 0.5) is 0 Å². The third-order valence-electron chi connectivity index (χ3n) is 14.4. The third-order valence-corrected chi connectivity index (χ3v) is 19.0. The van der Waals surface area contributed by atoms with Gasteiger partial charge in [-0.25, -0.2) is 0 Å². The fourth-order valence-corrected chi connectivity index (χ4v) is 12.0. The standard InChI is InChI=1S/C37H66O3Si/c1-25(2)32(28(38)16-14-24-40-41(11,12)33(3,4)5)26-15-13-21-36(9)27(26)17-18-30-35(8)22-20-31(39)34(6,7)29(35)19-23-37(30,36)10/h25,27,29-31,39H,13-24H2,1-12H3/b32-26+/t27-,29+,30-,31+,35+,36-,37-/m1/s1. The molecule has 0 aromatic rings. The van der Waals surface area contributed by atoms with E-state index in [0.717, 1.165) is 19.3 Å². The summed E-state index contributed by atoms with van der Waals surface area (Å²) in [5, 5.41) is 11.2. The lowest BCUT2D eigenvalue weighted by Gasteiger charge is -2.71. The highest BCUT2D eigenvalue weighted by molar-refractivity contribution is 6.74. The van der Waals surface area contributed by atoms with E-state index in [4.69, 9.17) is 4.43 Å². The predicted octanol–water partition coefficient (Wildman–Crippen LogP) is 10.1. The van der Waals surface area contributed by atoms with E-state index >= 15 is 0 Å². The van der Waals surface area contributed by atoms with Crippen molar-refractivity contribution in [1.29, 1.82) is 0 Å². The molecule has 0 unspecified atom stereocenters. The SMILES string of the molecule is CC(C)/C(C(=O)CCCO[Si](C)(C)C(C)(C)C)=C1/CCC[C@]2(C)[C@@H]1CC[C@@H]1[C@@]3(C)CC[C@H](O)C(C)(C)[C@@H]3CC[C@]12C. The van der Waals surface area contributed by atoms with Crippen molar-refractivity contribution in [3.63, 3.8) is 0 Å². The molecule has 41 heavy (non-hydrogen) atoms. The van der Waals surface area contributed by atoms with Crippen molar-refractivity contribution in [3.8, 4) is 0 Å². The molecule has 4 saturated carbocycles. The summed E-state index contributed by atoms with van der Waals surface area (Å²) in [6.07, 6.45) is 12.0. The first-order valence-electron chi connectivity index (χ1n) is 17.3. The van der Waals surface area contributed by atoms with Crippen molar-refractivity contribution in [2.75, 3.05) is 6.61 Å². The van der Waals surface area contributed by atoms with Gasteiger partial charge in [-0.1, -0.05) is 74.8 Å². The second kappa shape index (κ2) is 11.2. The van der Waals surface area contributed by atoms with Crippen LogP contribution in [0, 0.1) is 45.3 Å². The maximum atomic E-state index is 14.0. The van der Waals surface area contributed by atoms with Gasteiger partial charge >= 0.3 is 0 Å². The number of Topliss-reactive ketones (excluding diaryl/α,β-unsaturated/α-hetero) is 1. The Balaban J connectivity index is 1.59. The molecule has 4 heteroatoms. The van der Waals surface area contributed by atoms with Crippen LogP contribution >= 0.6 is 0 Å². The zero-order valence-corrected chi connectivity index (χ0v) is 30.1. The van der Waals surface area contributed by atoms with Crippen LogP contribution in [-0.4, -0.2) is 31.9 Å². The van der Waals surface area contributed by atoms with E-state index in [1.165, 1.54) is 56.1 Å². The van der Waals surface area contributed by atoms with Crippen molar-refractivity contribution in [3.05, 3.63) is 11.1 Å². The summed E-state index contributed by atoms with van der Waals surface area (Å²) < 4.78 is 6.43. The van der Waals surface area contributed by atoms with E-state index in [1.807, 2.05) is 0 Å². The number of hydrogen-bond donors (Lipinski definition) is 1. The van der Waals surface area contributed by atoms with E-state index in [2.05, 4.69) is 82.3 Å². The second-order valence-corrected chi connectivity index (χ2v) is 22.9. The Hall–Kier alpha value is -0.453. The van der Waals surface area contributed by atoms with Gasteiger partial charge in [0.15, 0.2) is 14.1 Å². The Morgan fingerprint density at radius 3 is 2.22 bits per heavy atom. The van der Waals surface area contributed by atoms with E-state index in [-0.39, 0.29) is 33.3 Å². The fraction of sp³-hybridized carbons (Fsp3) is 0.919. The fourth-order valence-electron chi connectivity index (χ4n) is 10.9. The van der Waals surface area contributed by atoms with Crippen molar-refractivity contribution in [1.82, 2.24) is 0 Å². The largest absolute Gasteiger partial charge is 0.417 e. The maximum Gasteiger partial charge on any atom is 0.191 e. The first kappa shape index (κ1) is 33.4. The number of carbonyl (C=O) groups is 1. The average Bonchev–Trinajstić information content (AvgIpc) is 2.84. The molecule has 7 atom stereocenters. The lowest BCUT2D eigenvalue weighted by molar-refractivity contribution is -0.224. The van der Waals surface area contributed by atoms with Gasteiger partial charge in [0.1, 0.15) is 0 Å². The number of allylic oxidation sites excluding steroid dienone is 2. The number of hydrogen-bond acceptors (Lipinski definition) is 3. The quantitative estimate of drug-likeness (QED) is 0.183.